The summed E-state index contributed by atoms with van der Waals surface area (Å²) >= 11 is 0. The van der Waals surface area contributed by atoms with Crippen molar-refractivity contribution in [1.29, 1.82) is 0 Å². The Labute approximate surface area is 98.2 Å². The zero-order valence-electron chi connectivity index (χ0n) is 10.5. The third-order valence-corrected chi connectivity index (χ3v) is 4.54. The number of carbonyl (C=O) groups excluding carboxylic acids is 1. The molecule has 92 valence electrons. The molecule has 2 saturated carbocycles. The van der Waals surface area contributed by atoms with E-state index in [1.165, 1.54) is 19.3 Å². The second-order valence-electron chi connectivity index (χ2n) is 6.24. The van der Waals surface area contributed by atoms with Crippen molar-refractivity contribution in [2.45, 2.75) is 58.4 Å². The standard InChI is InChI=1S/C13H24N2O/c1-12(2)6-4-3-5-10(12)15-11(16)13(9-14)7-8-13/h10H,3-9,14H2,1-2H3,(H,15,16). The van der Waals surface area contributed by atoms with E-state index in [4.69, 9.17) is 5.73 Å². The van der Waals surface area contributed by atoms with Crippen molar-refractivity contribution in [1.82, 2.24) is 5.32 Å². The molecule has 0 aromatic rings. The van der Waals surface area contributed by atoms with Gasteiger partial charge in [-0.2, -0.15) is 0 Å². The number of hydrogen-bond donors (Lipinski definition) is 2. The minimum atomic E-state index is -0.201. The molecule has 0 radical (unpaired) electrons. The number of hydrogen-bond acceptors (Lipinski definition) is 2. The fourth-order valence-corrected chi connectivity index (χ4v) is 2.75. The van der Waals surface area contributed by atoms with E-state index in [-0.39, 0.29) is 16.7 Å². The van der Waals surface area contributed by atoms with Gasteiger partial charge in [0, 0.05) is 12.6 Å². The molecule has 3 nitrogen and oxygen atoms in total. The Morgan fingerprint density at radius 1 is 1.31 bits per heavy atom. The molecule has 2 aliphatic rings. The first-order valence-corrected chi connectivity index (χ1v) is 6.51. The van der Waals surface area contributed by atoms with Crippen LogP contribution in [0.1, 0.15) is 52.4 Å². The summed E-state index contributed by atoms with van der Waals surface area (Å²) in [7, 11) is 0. The van der Waals surface area contributed by atoms with Crippen LogP contribution in [0.25, 0.3) is 0 Å². The Hall–Kier alpha value is -0.570. The summed E-state index contributed by atoms with van der Waals surface area (Å²) in [6.07, 6.45) is 6.82. The predicted octanol–water partition coefficient (Wildman–Crippen LogP) is 1.81. The average molecular weight is 224 g/mol. The molecule has 0 bridgehead atoms. The van der Waals surface area contributed by atoms with Crippen molar-refractivity contribution in [3.8, 4) is 0 Å². The Kier molecular flexibility index (Phi) is 2.99. The van der Waals surface area contributed by atoms with Crippen molar-refractivity contribution in [3.63, 3.8) is 0 Å². The largest absolute Gasteiger partial charge is 0.352 e. The van der Waals surface area contributed by atoms with Crippen molar-refractivity contribution in [3.05, 3.63) is 0 Å². The molecule has 0 spiro atoms. The highest BCUT2D eigenvalue weighted by molar-refractivity contribution is 5.85. The first-order valence-electron chi connectivity index (χ1n) is 6.51. The minimum Gasteiger partial charge on any atom is -0.352 e. The molecule has 0 aromatic heterocycles. The Morgan fingerprint density at radius 3 is 2.50 bits per heavy atom. The molecule has 0 aliphatic heterocycles. The van der Waals surface area contributed by atoms with Crippen LogP contribution in [0.3, 0.4) is 0 Å². The molecule has 2 aliphatic carbocycles. The molecule has 1 unspecified atom stereocenters. The molecule has 16 heavy (non-hydrogen) atoms. The van der Waals surface area contributed by atoms with Crippen LogP contribution < -0.4 is 11.1 Å². The van der Waals surface area contributed by atoms with Gasteiger partial charge in [0.2, 0.25) is 5.91 Å². The van der Waals surface area contributed by atoms with Crippen LogP contribution in [0, 0.1) is 10.8 Å². The second-order valence-corrected chi connectivity index (χ2v) is 6.24. The van der Waals surface area contributed by atoms with E-state index >= 15 is 0 Å². The number of nitrogens with two attached hydrogens (primary N) is 1. The molecular weight excluding hydrogens is 200 g/mol. The third kappa shape index (κ3) is 2.10. The van der Waals surface area contributed by atoms with E-state index in [0.29, 0.717) is 12.6 Å². The highest BCUT2D eigenvalue weighted by Gasteiger charge is 2.49. The van der Waals surface area contributed by atoms with Gasteiger partial charge < -0.3 is 11.1 Å². The molecule has 2 rings (SSSR count). The van der Waals surface area contributed by atoms with Crippen LogP contribution >= 0.6 is 0 Å². The number of carbonyl (C=O) groups is 1. The molecular formula is C13H24N2O. The van der Waals surface area contributed by atoms with Gasteiger partial charge in [-0.15, -0.1) is 0 Å². The summed E-state index contributed by atoms with van der Waals surface area (Å²) in [6, 6.07) is 0.345. The average Bonchev–Trinajstić information content (AvgIpc) is 3.01. The molecule has 3 heteroatoms. The lowest BCUT2D eigenvalue weighted by Crippen LogP contribution is -2.50. The van der Waals surface area contributed by atoms with Gasteiger partial charge in [-0.25, -0.2) is 0 Å². The maximum absolute atomic E-state index is 12.1. The number of amides is 1. The normalized spacial score (nSPS) is 30.8. The van der Waals surface area contributed by atoms with Gasteiger partial charge in [0.05, 0.1) is 5.41 Å². The summed E-state index contributed by atoms with van der Waals surface area (Å²) in [5.74, 6) is 0.204. The first-order chi connectivity index (χ1) is 7.50. The van der Waals surface area contributed by atoms with Crippen LogP contribution in [0.2, 0.25) is 0 Å². The first kappa shape index (κ1) is 11.9. The fourth-order valence-electron chi connectivity index (χ4n) is 2.75. The molecule has 1 amide bonds. The van der Waals surface area contributed by atoms with Crippen molar-refractivity contribution >= 4 is 5.91 Å². The van der Waals surface area contributed by atoms with Gasteiger partial charge in [-0.05, 0) is 31.1 Å². The molecule has 0 aromatic carbocycles. The van der Waals surface area contributed by atoms with Gasteiger partial charge in [-0.3, -0.25) is 4.79 Å². The van der Waals surface area contributed by atoms with Crippen molar-refractivity contribution < 1.29 is 4.79 Å². The SMILES string of the molecule is CC1(C)CCCCC1NC(=O)C1(CN)CC1. The lowest BCUT2D eigenvalue weighted by Gasteiger charge is -2.39. The van der Waals surface area contributed by atoms with Crippen LogP contribution in [-0.2, 0) is 4.79 Å². The number of nitrogens with one attached hydrogen (secondary N) is 1. The van der Waals surface area contributed by atoms with Gasteiger partial charge in [-0.1, -0.05) is 26.7 Å². The van der Waals surface area contributed by atoms with Crippen LogP contribution in [0.5, 0.6) is 0 Å². The van der Waals surface area contributed by atoms with E-state index in [1.807, 2.05) is 0 Å². The summed E-state index contributed by atoms with van der Waals surface area (Å²) in [5.41, 5.74) is 5.73. The van der Waals surface area contributed by atoms with E-state index in [1.54, 1.807) is 0 Å². The van der Waals surface area contributed by atoms with Gasteiger partial charge >= 0.3 is 0 Å². The Bertz CT molecular complexity index is 282. The minimum absolute atomic E-state index is 0.201. The highest BCUT2D eigenvalue weighted by atomic mass is 16.2. The number of rotatable bonds is 3. The third-order valence-electron chi connectivity index (χ3n) is 4.54. The smallest absolute Gasteiger partial charge is 0.227 e. The van der Waals surface area contributed by atoms with Gasteiger partial charge in [0.15, 0.2) is 0 Å². The zero-order chi connectivity index (χ0) is 11.8. The lowest BCUT2D eigenvalue weighted by atomic mass is 9.73. The lowest BCUT2D eigenvalue weighted by molar-refractivity contribution is -0.128. The summed E-state index contributed by atoms with van der Waals surface area (Å²) < 4.78 is 0. The topological polar surface area (TPSA) is 55.1 Å². The van der Waals surface area contributed by atoms with Crippen LogP contribution in [0.15, 0.2) is 0 Å². The maximum atomic E-state index is 12.1. The highest BCUT2D eigenvalue weighted by Crippen LogP contribution is 2.45. The van der Waals surface area contributed by atoms with Crippen molar-refractivity contribution in [2.24, 2.45) is 16.6 Å². The quantitative estimate of drug-likeness (QED) is 0.768. The van der Waals surface area contributed by atoms with E-state index in [9.17, 15) is 4.79 Å². The molecule has 1 atom stereocenters. The summed E-state index contributed by atoms with van der Waals surface area (Å²) in [5, 5.41) is 3.24. The second kappa shape index (κ2) is 4.02. The van der Waals surface area contributed by atoms with Crippen LogP contribution in [-0.4, -0.2) is 18.5 Å². The van der Waals surface area contributed by atoms with E-state index < -0.39 is 0 Å². The molecule has 0 saturated heterocycles. The molecule has 3 N–H and O–H groups in total. The molecule has 2 fully saturated rings. The Balaban J connectivity index is 1.96. The molecule has 0 heterocycles. The van der Waals surface area contributed by atoms with Gasteiger partial charge in [0.25, 0.3) is 0 Å². The summed E-state index contributed by atoms with van der Waals surface area (Å²) in [4.78, 5) is 12.1. The Morgan fingerprint density at radius 2 is 2.00 bits per heavy atom. The van der Waals surface area contributed by atoms with Crippen molar-refractivity contribution in [2.75, 3.05) is 6.54 Å². The fraction of sp³-hybridized carbons (Fsp3) is 0.923. The summed E-state index contributed by atoms with van der Waals surface area (Å²) in [6.45, 7) is 5.03. The van der Waals surface area contributed by atoms with Gasteiger partial charge in [0.1, 0.15) is 0 Å². The van der Waals surface area contributed by atoms with E-state index in [2.05, 4.69) is 19.2 Å². The van der Waals surface area contributed by atoms with Crippen LogP contribution in [0.4, 0.5) is 0 Å². The van der Waals surface area contributed by atoms with E-state index in [0.717, 1.165) is 19.3 Å². The predicted molar refractivity (Wildman–Crippen MR) is 64.9 cm³/mol. The zero-order valence-corrected chi connectivity index (χ0v) is 10.5. The monoisotopic (exact) mass is 224 g/mol. The maximum Gasteiger partial charge on any atom is 0.227 e.